The number of carbonyl (C=O) groups excluding carboxylic acids is 1. The third kappa shape index (κ3) is 3.79. The van der Waals surface area contributed by atoms with Gasteiger partial charge in [-0.3, -0.25) is 4.79 Å². The van der Waals surface area contributed by atoms with Crippen molar-refractivity contribution in [2.45, 2.75) is 20.8 Å². The molecular weight excluding hydrogens is 328 g/mol. The highest BCUT2D eigenvalue weighted by molar-refractivity contribution is 9.10. The first-order valence-corrected chi connectivity index (χ1v) is 7.45. The minimum absolute atomic E-state index is 0.230. The SMILES string of the molecule is C/C(=N/NC(=O)c1ccccc1Br)c1ccc(C)cc1C. The topological polar surface area (TPSA) is 41.5 Å². The molecule has 1 amide bonds. The molecule has 0 atom stereocenters. The van der Waals surface area contributed by atoms with Crippen molar-refractivity contribution in [2.75, 3.05) is 0 Å². The summed E-state index contributed by atoms with van der Waals surface area (Å²) in [6, 6.07) is 13.4. The summed E-state index contributed by atoms with van der Waals surface area (Å²) >= 11 is 3.36. The lowest BCUT2D eigenvalue weighted by molar-refractivity contribution is 0.0954. The van der Waals surface area contributed by atoms with Crippen LogP contribution in [-0.4, -0.2) is 11.6 Å². The Morgan fingerprint density at radius 3 is 2.48 bits per heavy atom. The largest absolute Gasteiger partial charge is 0.272 e. The van der Waals surface area contributed by atoms with E-state index in [1.54, 1.807) is 6.07 Å². The first kappa shape index (κ1) is 15.4. The van der Waals surface area contributed by atoms with Crippen LogP contribution >= 0.6 is 15.9 Å². The van der Waals surface area contributed by atoms with E-state index in [0.29, 0.717) is 5.56 Å². The molecule has 0 unspecified atom stereocenters. The molecule has 0 spiro atoms. The highest BCUT2D eigenvalue weighted by Crippen LogP contribution is 2.16. The first-order chi connectivity index (χ1) is 9.99. The van der Waals surface area contributed by atoms with Crippen LogP contribution in [0.2, 0.25) is 0 Å². The van der Waals surface area contributed by atoms with E-state index in [1.807, 2.05) is 44.2 Å². The minimum Gasteiger partial charge on any atom is -0.267 e. The molecule has 0 saturated heterocycles. The zero-order chi connectivity index (χ0) is 15.4. The molecule has 0 aliphatic rings. The number of hydrogen-bond donors (Lipinski definition) is 1. The number of rotatable bonds is 3. The molecule has 0 bridgehead atoms. The third-order valence-electron chi connectivity index (χ3n) is 3.22. The monoisotopic (exact) mass is 344 g/mol. The smallest absolute Gasteiger partial charge is 0.267 e. The maximum absolute atomic E-state index is 12.1. The van der Waals surface area contributed by atoms with E-state index in [9.17, 15) is 4.79 Å². The molecule has 3 nitrogen and oxygen atoms in total. The number of benzene rings is 2. The lowest BCUT2D eigenvalue weighted by Gasteiger charge is -2.07. The van der Waals surface area contributed by atoms with Gasteiger partial charge in [0.25, 0.3) is 5.91 Å². The molecule has 21 heavy (non-hydrogen) atoms. The van der Waals surface area contributed by atoms with E-state index < -0.39 is 0 Å². The minimum atomic E-state index is -0.230. The Hall–Kier alpha value is -1.94. The van der Waals surface area contributed by atoms with Crippen molar-refractivity contribution in [3.8, 4) is 0 Å². The van der Waals surface area contributed by atoms with Crippen LogP contribution in [0.4, 0.5) is 0 Å². The van der Waals surface area contributed by atoms with E-state index in [1.165, 1.54) is 5.56 Å². The number of halogens is 1. The van der Waals surface area contributed by atoms with E-state index in [4.69, 9.17) is 0 Å². The summed E-state index contributed by atoms with van der Waals surface area (Å²) in [5, 5.41) is 4.20. The molecule has 2 aromatic carbocycles. The zero-order valence-corrected chi connectivity index (χ0v) is 13.9. The Labute approximate surface area is 133 Å². The average Bonchev–Trinajstić information content (AvgIpc) is 2.45. The Morgan fingerprint density at radius 2 is 1.81 bits per heavy atom. The second kappa shape index (κ2) is 6.68. The van der Waals surface area contributed by atoms with Crippen LogP contribution in [0, 0.1) is 13.8 Å². The fourth-order valence-corrected chi connectivity index (χ4v) is 2.58. The molecule has 108 valence electrons. The highest BCUT2D eigenvalue weighted by Gasteiger charge is 2.09. The first-order valence-electron chi connectivity index (χ1n) is 6.66. The van der Waals surface area contributed by atoms with Crippen LogP contribution in [-0.2, 0) is 0 Å². The van der Waals surface area contributed by atoms with Gasteiger partial charge in [-0.15, -0.1) is 0 Å². The standard InChI is InChI=1S/C17H17BrN2O/c1-11-8-9-14(12(2)10-11)13(3)19-20-17(21)15-6-4-5-7-16(15)18/h4-10H,1-3H3,(H,20,21)/b19-13-. The van der Waals surface area contributed by atoms with Gasteiger partial charge in [0.1, 0.15) is 0 Å². The number of aryl methyl sites for hydroxylation is 2. The summed E-state index contributed by atoms with van der Waals surface area (Å²) in [7, 11) is 0. The van der Waals surface area contributed by atoms with E-state index in [2.05, 4.69) is 39.4 Å². The van der Waals surface area contributed by atoms with Crippen molar-refractivity contribution < 1.29 is 4.79 Å². The van der Waals surface area contributed by atoms with Crippen molar-refractivity contribution in [1.82, 2.24) is 5.43 Å². The number of carbonyl (C=O) groups is 1. The fourth-order valence-electron chi connectivity index (χ4n) is 2.12. The Bertz CT molecular complexity index is 708. The number of hydrazone groups is 1. The van der Waals surface area contributed by atoms with Crippen LogP contribution < -0.4 is 5.43 Å². The summed E-state index contributed by atoms with van der Waals surface area (Å²) < 4.78 is 0.752. The van der Waals surface area contributed by atoms with Gasteiger partial charge < -0.3 is 0 Å². The van der Waals surface area contributed by atoms with Crippen molar-refractivity contribution in [1.29, 1.82) is 0 Å². The van der Waals surface area contributed by atoms with Gasteiger partial charge in [-0.25, -0.2) is 5.43 Å². The molecule has 0 aliphatic heterocycles. The second-order valence-electron chi connectivity index (χ2n) is 4.94. The van der Waals surface area contributed by atoms with Gasteiger partial charge in [-0.05, 0) is 54.4 Å². The van der Waals surface area contributed by atoms with Crippen LogP contribution in [0.5, 0.6) is 0 Å². The van der Waals surface area contributed by atoms with Crippen LogP contribution in [0.15, 0.2) is 52.0 Å². The Morgan fingerprint density at radius 1 is 1.10 bits per heavy atom. The molecule has 2 rings (SSSR count). The highest BCUT2D eigenvalue weighted by atomic mass is 79.9. The van der Waals surface area contributed by atoms with Crippen molar-refractivity contribution in [3.05, 3.63) is 69.2 Å². The van der Waals surface area contributed by atoms with Crippen LogP contribution in [0.25, 0.3) is 0 Å². The van der Waals surface area contributed by atoms with E-state index in [-0.39, 0.29) is 5.91 Å². The molecule has 0 fully saturated rings. The number of hydrogen-bond acceptors (Lipinski definition) is 2. The molecule has 0 saturated carbocycles. The molecule has 2 aromatic rings. The zero-order valence-electron chi connectivity index (χ0n) is 12.3. The molecular formula is C17H17BrN2O. The summed E-state index contributed by atoms with van der Waals surface area (Å²) in [5.41, 5.74) is 7.34. The number of nitrogens with zero attached hydrogens (tertiary/aromatic N) is 1. The third-order valence-corrected chi connectivity index (χ3v) is 3.91. The van der Waals surface area contributed by atoms with Gasteiger partial charge >= 0.3 is 0 Å². The number of amides is 1. The summed E-state index contributed by atoms with van der Waals surface area (Å²) in [6.07, 6.45) is 0. The van der Waals surface area contributed by atoms with Crippen molar-refractivity contribution in [2.24, 2.45) is 5.10 Å². The predicted molar refractivity (Wildman–Crippen MR) is 89.7 cm³/mol. The van der Waals surface area contributed by atoms with E-state index >= 15 is 0 Å². The molecule has 0 aromatic heterocycles. The normalized spacial score (nSPS) is 11.3. The Balaban J connectivity index is 2.17. The van der Waals surface area contributed by atoms with E-state index in [0.717, 1.165) is 21.3 Å². The van der Waals surface area contributed by atoms with Gasteiger partial charge in [0.2, 0.25) is 0 Å². The van der Waals surface area contributed by atoms with Crippen molar-refractivity contribution >= 4 is 27.5 Å². The summed E-state index contributed by atoms with van der Waals surface area (Å²) in [4.78, 5) is 12.1. The molecule has 0 radical (unpaired) electrons. The maximum atomic E-state index is 12.1. The fraction of sp³-hybridized carbons (Fsp3) is 0.176. The van der Waals surface area contributed by atoms with Crippen LogP contribution in [0.1, 0.15) is 34.0 Å². The number of nitrogens with one attached hydrogen (secondary N) is 1. The quantitative estimate of drug-likeness (QED) is 0.657. The summed E-state index contributed by atoms with van der Waals surface area (Å²) in [5.74, 6) is -0.230. The lowest BCUT2D eigenvalue weighted by atomic mass is 10.0. The van der Waals surface area contributed by atoms with Gasteiger partial charge in [0.15, 0.2) is 0 Å². The second-order valence-corrected chi connectivity index (χ2v) is 5.79. The van der Waals surface area contributed by atoms with Crippen LogP contribution in [0.3, 0.4) is 0 Å². The lowest BCUT2D eigenvalue weighted by Crippen LogP contribution is -2.20. The average molecular weight is 345 g/mol. The van der Waals surface area contributed by atoms with Gasteiger partial charge in [-0.1, -0.05) is 35.9 Å². The van der Waals surface area contributed by atoms with Gasteiger partial charge in [-0.2, -0.15) is 5.10 Å². The molecule has 0 aliphatic carbocycles. The molecule has 0 heterocycles. The summed E-state index contributed by atoms with van der Waals surface area (Å²) in [6.45, 7) is 5.98. The van der Waals surface area contributed by atoms with Gasteiger partial charge in [0.05, 0.1) is 11.3 Å². The maximum Gasteiger partial charge on any atom is 0.272 e. The van der Waals surface area contributed by atoms with Crippen molar-refractivity contribution in [3.63, 3.8) is 0 Å². The predicted octanol–water partition coefficient (Wildman–Crippen LogP) is 4.22. The van der Waals surface area contributed by atoms with Gasteiger partial charge in [0, 0.05) is 10.0 Å². The molecule has 1 N–H and O–H groups in total. The Kier molecular flexibility index (Phi) is 4.91. The molecule has 4 heteroatoms.